The predicted molar refractivity (Wildman–Crippen MR) is 114 cm³/mol. The van der Waals surface area contributed by atoms with Gasteiger partial charge < -0.3 is 5.32 Å². The summed E-state index contributed by atoms with van der Waals surface area (Å²) in [6, 6.07) is 14.1. The quantitative estimate of drug-likeness (QED) is 0.373. The normalized spacial score (nSPS) is 11.6. The Kier molecular flexibility index (Phi) is 6.06. The summed E-state index contributed by atoms with van der Waals surface area (Å²) in [4.78, 5) is 12.6. The summed E-state index contributed by atoms with van der Waals surface area (Å²) in [5, 5.41) is 6.34. The molecule has 2 N–H and O–H groups in total. The summed E-state index contributed by atoms with van der Waals surface area (Å²) < 4.78 is 42.3. The molecule has 3 rings (SSSR count). The fourth-order valence-electron chi connectivity index (χ4n) is 2.94. The van der Waals surface area contributed by atoms with Gasteiger partial charge in [0.1, 0.15) is 0 Å². The van der Waals surface area contributed by atoms with Crippen LogP contribution >= 0.6 is 12.2 Å². The van der Waals surface area contributed by atoms with Crippen molar-refractivity contribution in [2.24, 2.45) is 12.1 Å². The van der Waals surface area contributed by atoms with E-state index in [4.69, 9.17) is 12.2 Å². The van der Waals surface area contributed by atoms with E-state index in [-0.39, 0.29) is 16.4 Å². The number of anilines is 1. The number of hydrogen-bond acceptors (Lipinski definition) is 3. The van der Waals surface area contributed by atoms with Crippen LogP contribution in [0.2, 0.25) is 0 Å². The predicted octanol–water partition coefficient (Wildman–Crippen LogP) is 3.82. The highest BCUT2D eigenvalue weighted by atomic mass is 32.1. The molecule has 0 amide bonds. The lowest BCUT2D eigenvalue weighted by atomic mass is 10.2. The van der Waals surface area contributed by atoms with E-state index >= 15 is 0 Å². The maximum Gasteiger partial charge on any atom is 0.418 e. The Morgan fingerprint density at radius 2 is 1.73 bits per heavy atom. The van der Waals surface area contributed by atoms with Crippen LogP contribution in [0.25, 0.3) is 5.69 Å². The average molecular weight is 433 g/mol. The number of thiocarbonyl (C=S) groups is 1. The highest BCUT2D eigenvalue weighted by Crippen LogP contribution is 2.34. The molecule has 10 heteroatoms. The van der Waals surface area contributed by atoms with Crippen molar-refractivity contribution in [2.45, 2.75) is 13.1 Å². The summed E-state index contributed by atoms with van der Waals surface area (Å²) >= 11 is 5.03. The molecule has 0 spiro atoms. The minimum absolute atomic E-state index is 0.118. The Hall–Kier alpha value is -3.40. The van der Waals surface area contributed by atoms with Crippen molar-refractivity contribution in [3.05, 3.63) is 81.8 Å². The molecule has 1 heterocycles. The van der Waals surface area contributed by atoms with Crippen LogP contribution in [0, 0.1) is 6.92 Å². The number of hydrogen-bond donors (Lipinski definition) is 2. The molecular formula is C20H18F3N5OS. The lowest BCUT2D eigenvalue weighted by Crippen LogP contribution is -2.25. The molecule has 0 aliphatic rings. The van der Waals surface area contributed by atoms with E-state index in [1.165, 1.54) is 29.1 Å². The van der Waals surface area contributed by atoms with E-state index < -0.39 is 11.7 Å². The Bertz CT molecular complexity index is 1150. The number of aromatic nitrogens is 2. The minimum Gasteiger partial charge on any atom is -0.331 e. The smallest absolute Gasteiger partial charge is 0.331 e. The molecule has 0 saturated carbocycles. The van der Waals surface area contributed by atoms with Gasteiger partial charge in [0.05, 0.1) is 28.8 Å². The van der Waals surface area contributed by atoms with E-state index in [1.54, 1.807) is 30.8 Å². The molecule has 1 aromatic heterocycles. The first-order chi connectivity index (χ1) is 14.2. The van der Waals surface area contributed by atoms with Crippen LogP contribution in [0.1, 0.15) is 16.8 Å². The maximum absolute atomic E-state index is 13.1. The zero-order valence-corrected chi connectivity index (χ0v) is 16.9. The second kappa shape index (κ2) is 8.54. The SMILES string of the molecule is Cc1c(/C=N/NC(=S)Nc2ccccc2C(F)(F)F)n(C)n(-c2ccccc2)c1=O. The molecule has 0 unspecified atom stereocenters. The zero-order chi connectivity index (χ0) is 21.9. The summed E-state index contributed by atoms with van der Waals surface area (Å²) in [5.74, 6) is 0. The minimum atomic E-state index is -4.52. The van der Waals surface area contributed by atoms with Gasteiger partial charge in [0, 0.05) is 12.6 Å². The standard InChI is InChI=1S/C20H18F3N5OS/c1-13-17(27(2)28(18(13)29)14-8-4-3-5-9-14)12-24-26-19(30)25-16-11-7-6-10-15(16)20(21,22)23/h3-12H,1-2H3,(H2,25,26,30)/b24-12+. The molecule has 156 valence electrons. The van der Waals surface area contributed by atoms with Crippen LogP contribution < -0.4 is 16.3 Å². The monoisotopic (exact) mass is 433 g/mol. The van der Waals surface area contributed by atoms with Crippen molar-refractivity contribution in [3.63, 3.8) is 0 Å². The lowest BCUT2D eigenvalue weighted by Gasteiger charge is -2.14. The van der Waals surface area contributed by atoms with Gasteiger partial charge in [-0.1, -0.05) is 30.3 Å². The molecule has 0 bridgehead atoms. The van der Waals surface area contributed by atoms with Crippen molar-refractivity contribution in [1.82, 2.24) is 14.8 Å². The second-order valence-corrected chi connectivity index (χ2v) is 6.76. The van der Waals surface area contributed by atoms with Gasteiger partial charge in [-0.25, -0.2) is 4.68 Å². The van der Waals surface area contributed by atoms with Gasteiger partial charge in [-0.2, -0.15) is 18.3 Å². The van der Waals surface area contributed by atoms with Gasteiger partial charge in [-0.05, 0) is 43.4 Å². The molecule has 0 saturated heterocycles. The third-order valence-corrected chi connectivity index (χ3v) is 4.57. The number of para-hydroxylation sites is 2. The Labute approximate surface area is 175 Å². The number of halogens is 3. The molecule has 3 aromatic rings. The summed E-state index contributed by atoms with van der Waals surface area (Å²) in [5.41, 5.74) is 2.94. The van der Waals surface area contributed by atoms with Crippen molar-refractivity contribution < 1.29 is 13.2 Å². The van der Waals surface area contributed by atoms with E-state index in [2.05, 4.69) is 15.8 Å². The molecular weight excluding hydrogens is 415 g/mol. The van der Waals surface area contributed by atoms with Crippen molar-refractivity contribution in [3.8, 4) is 5.69 Å². The van der Waals surface area contributed by atoms with E-state index in [0.29, 0.717) is 16.9 Å². The molecule has 30 heavy (non-hydrogen) atoms. The molecule has 6 nitrogen and oxygen atoms in total. The topological polar surface area (TPSA) is 63.4 Å². The Morgan fingerprint density at radius 1 is 1.10 bits per heavy atom. The lowest BCUT2D eigenvalue weighted by molar-refractivity contribution is -0.136. The summed E-state index contributed by atoms with van der Waals surface area (Å²) in [6.07, 6.45) is -3.13. The van der Waals surface area contributed by atoms with Crippen LogP contribution in [-0.2, 0) is 13.2 Å². The fourth-order valence-corrected chi connectivity index (χ4v) is 3.10. The maximum atomic E-state index is 13.1. The van der Waals surface area contributed by atoms with Crippen LogP contribution in [0.15, 0.2) is 64.5 Å². The van der Waals surface area contributed by atoms with E-state index in [9.17, 15) is 18.0 Å². The first-order valence-corrected chi connectivity index (χ1v) is 9.21. The summed E-state index contributed by atoms with van der Waals surface area (Å²) in [6.45, 7) is 1.67. The number of nitrogens with zero attached hydrogens (tertiary/aromatic N) is 3. The number of hydrazone groups is 1. The Balaban J connectivity index is 1.77. The average Bonchev–Trinajstić information content (AvgIpc) is 2.91. The molecule has 0 aliphatic carbocycles. The van der Waals surface area contributed by atoms with Gasteiger partial charge in [0.2, 0.25) is 0 Å². The third kappa shape index (κ3) is 4.43. The Morgan fingerprint density at radius 3 is 2.40 bits per heavy atom. The highest BCUT2D eigenvalue weighted by molar-refractivity contribution is 7.80. The number of alkyl halides is 3. The van der Waals surface area contributed by atoms with E-state index in [1.807, 2.05) is 18.2 Å². The van der Waals surface area contributed by atoms with Crippen molar-refractivity contribution in [1.29, 1.82) is 0 Å². The fraction of sp³-hybridized carbons (Fsp3) is 0.150. The zero-order valence-electron chi connectivity index (χ0n) is 16.1. The van der Waals surface area contributed by atoms with Crippen molar-refractivity contribution >= 4 is 29.2 Å². The first-order valence-electron chi connectivity index (χ1n) is 8.80. The molecule has 0 radical (unpaired) electrons. The highest BCUT2D eigenvalue weighted by Gasteiger charge is 2.33. The van der Waals surface area contributed by atoms with Crippen molar-refractivity contribution in [2.75, 3.05) is 5.32 Å². The largest absolute Gasteiger partial charge is 0.418 e. The van der Waals surface area contributed by atoms with Gasteiger partial charge in [-0.15, -0.1) is 0 Å². The first kappa shape index (κ1) is 21.3. The van der Waals surface area contributed by atoms with E-state index in [0.717, 1.165) is 6.07 Å². The van der Waals surface area contributed by atoms with Gasteiger partial charge >= 0.3 is 6.18 Å². The molecule has 0 fully saturated rings. The van der Waals surface area contributed by atoms with Gasteiger partial charge in [0.15, 0.2) is 5.11 Å². The van der Waals surface area contributed by atoms with Crippen LogP contribution in [0.5, 0.6) is 0 Å². The van der Waals surface area contributed by atoms with Crippen LogP contribution in [0.4, 0.5) is 18.9 Å². The number of benzene rings is 2. The second-order valence-electron chi connectivity index (χ2n) is 6.35. The van der Waals surface area contributed by atoms with Crippen LogP contribution in [0.3, 0.4) is 0 Å². The van der Waals surface area contributed by atoms with Crippen LogP contribution in [-0.4, -0.2) is 20.7 Å². The number of rotatable bonds is 4. The van der Waals surface area contributed by atoms with Gasteiger partial charge in [0.25, 0.3) is 5.56 Å². The molecule has 0 aliphatic heterocycles. The number of nitrogens with one attached hydrogen (secondary N) is 2. The molecule has 2 aromatic carbocycles. The summed E-state index contributed by atoms with van der Waals surface area (Å²) in [7, 11) is 1.71. The molecule has 0 atom stereocenters. The third-order valence-electron chi connectivity index (χ3n) is 4.38. The van der Waals surface area contributed by atoms with Gasteiger partial charge in [-0.3, -0.25) is 14.9 Å².